The minimum Gasteiger partial charge on any atom is -0.495 e. The summed E-state index contributed by atoms with van der Waals surface area (Å²) in [6, 6.07) is 12.8. The van der Waals surface area contributed by atoms with Crippen LogP contribution in [-0.2, 0) is 4.79 Å². The fourth-order valence-corrected chi connectivity index (χ4v) is 3.50. The number of methoxy groups -OCH3 is 1. The topological polar surface area (TPSA) is 65.4 Å². The molecular formula is C20H20ClN3O3S. The average Bonchev–Trinajstić information content (AvgIpc) is 3.16. The van der Waals surface area contributed by atoms with Crippen LogP contribution in [0.3, 0.4) is 0 Å². The number of ether oxygens (including phenoxy) is 2. The third-order valence-corrected chi connectivity index (χ3v) is 5.00. The second kappa shape index (κ2) is 9.52. The number of anilines is 1. The number of carbonyl (C=O) groups excluding carboxylic acids is 1. The van der Waals surface area contributed by atoms with Crippen molar-refractivity contribution >= 4 is 35.0 Å². The highest BCUT2D eigenvalue weighted by Crippen LogP contribution is 2.28. The van der Waals surface area contributed by atoms with E-state index >= 15 is 0 Å². The van der Waals surface area contributed by atoms with Gasteiger partial charge in [0.25, 0.3) is 0 Å². The molecule has 146 valence electrons. The van der Waals surface area contributed by atoms with Crippen LogP contribution in [0, 0.1) is 0 Å². The van der Waals surface area contributed by atoms with Gasteiger partial charge in [0.05, 0.1) is 25.2 Å². The van der Waals surface area contributed by atoms with E-state index in [0.717, 1.165) is 16.6 Å². The maximum atomic E-state index is 12.4. The summed E-state index contributed by atoms with van der Waals surface area (Å²) in [5, 5.41) is 4.07. The average molecular weight is 418 g/mol. The van der Waals surface area contributed by atoms with Crippen LogP contribution in [0.5, 0.6) is 11.5 Å². The lowest BCUT2D eigenvalue weighted by Crippen LogP contribution is -2.15. The molecule has 6 nitrogen and oxygen atoms in total. The fourth-order valence-electron chi connectivity index (χ4n) is 2.56. The molecule has 8 heteroatoms. The summed E-state index contributed by atoms with van der Waals surface area (Å²) in [7, 11) is 1.54. The summed E-state index contributed by atoms with van der Waals surface area (Å²) < 4.78 is 12.6. The van der Waals surface area contributed by atoms with E-state index in [0.29, 0.717) is 23.1 Å². The number of halogens is 1. The lowest BCUT2D eigenvalue weighted by molar-refractivity contribution is -0.113. The van der Waals surface area contributed by atoms with Crippen molar-refractivity contribution in [2.24, 2.45) is 0 Å². The second-order valence-electron chi connectivity index (χ2n) is 5.69. The first-order chi connectivity index (χ1) is 13.6. The van der Waals surface area contributed by atoms with Gasteiger partial charge < -0.3 is 14.8 Å². The maximum absolute atomic E-state index is 12.4. The zero-order valence-electron chi connectivity index (χ0n) is 15.5. The zero-order valence-corrected chi connectivity index (χ0v) is 17.1. The van der Waals surface area contributed by atoms with Crippen LogP contribution in [0.1, 0.15) is 6.92 Å². The number of carbonyl (C=O) groups is 1. The number of thioether (sulfide) groups is 1. The Kier molecular flexibility index (Phi) is 6.84. The Bertz CT molecular complexity index is 944. The molecule has 0 aliphatic rings. The van der Waals surface area contributed by atoms with Gasteiger partial charge in [-0.1, -0.05) is 23.4 Å². The maximum Gasteiger partial charge on any atom is 0.234 e. The molecule has 1 aromatic heterocycles. The molecule has 0 bridgehead atoms. The minimum atomic E-state index is -0.174. The van der Waals surface area contributed by atoms with Crippen LogP contribution in [0.4, 0.5) is 5.69 Å². The molecule has 3 aromatic rings. The lowest BCUT2D eigenvalue weighted by atomic mass is 10.3. The van der Waals surface area contributed by atoms with E-state index in [2.05, 4.69) is 10.3 Å². The van der Waals surface area contributed by atoms with Gasteiger partial charge in [-0.15, -0.1) is 0 Å². The summed E-state index contributed by atoms with van der Waals surface area (Å²) in [5.74, 6) is 1.39. The van der Waals surface area contributed by atoms with Crippen molar-refractivity contribution in [2.45, 2.75) is 12.1 Å². The van der Waals surface area contributed by atoms with E-state index in [4.69, 9.17) is 21.1 Å². The summed E-state index contributed by atoms with van der Waals surface area (Å²) in [6.45, 7) is 2.57. The Morgan fingerprint density at radius 3 is 2.75 bits per heavy atom. The Hall–Kier alpha value is -2.64. The molecule has 1 heterocycles. The van der Waals surface area contributed by atoms with E-state index in [-0.39, 0.29) is 11.7 Å². The molecule has 0 saturated heterocycles. The predicted molar refractivity (Wildman–Crippen MR) is 112 cm³/mol. The summed E-state index contributed by atoms with van der Waals surface area (Å²) in [6.07, 6.45) is 3.56. The number of imidazole rings is 1. The summed E-state index contributed by atoms with van der Waals surface area (Å²) >= 11 is 7.34. The number of rotatable bonds is 8. The molecule has 0 spiro atoms. The standard InChI is InChI=1S/C20H20ClN3O3S/c1-3-27-16-7-5-15(6-8-16)24-11-10-22-20(24)28-13-19(25)23-17-12-14(21)4-9-18(17)26-2/h4-12H,3,13H2,1-2H3,(H,23,25). The number of amides is 1. The van der Waals surface area contributed by atoms with Crippen molar-refractivity contribution in [3.63, 3.8) is 0 Å². The van der Waals surface area contributed by atoms with Crippen LogP contribution in [0.2, 0.25) is 5.02 Å². The molecule has 0 fully saturated rings. The van der Waals surface area contributed by atoms with Gasteiger partial charge in [-0.25, -0.2) is 4.98 Å². The van der Waals surface area contributed by atoms with Crippen molar-refractivity contribution in [2.75, 3.05) is 24.8 Å². The van der Waals surface area contributed by atoms with Gasteiger partial charge in [0.15, 0.2) is 5.16 Å². The molecule has 0 aliphatic carbocycles. The highest BCUT2D eigenvalue weighted by molar-refractivity contribution is 7.99. The van der Waals surface area contributed by atoms with Crippen LogP contribution in [0.15, 0.2) is 60.0 Å². The Balaban J connectivity index is 1.65. The molecule has 28 heavy (non-hydrogen) atoms. The van der Waals surface area contributed by atoms with E-state index in [1.807, 2.05) is 42.0 Å². The van der Waals surface area contributed by atoms with Gasteiger partial charge in [0.2, 0.25) is 5.91 Å². The van der Waals surface area contributed by atoms with Crippen molar-refractivity contribution in [1.29, 1.82) is 0 Å². The monoisotopic (exact) mass is 417 g/mol. The smallest absolute Gasteiger partial charge is 0.234 e. The highest BCUT2D eigenvalue weighted by Gasteiger charge is 2.12. The fraction of sp³-hybridized carbons (Fsp3) is 0.200. The molecule has 1 N–H and O–H groups in total. The second-order valence-corrected chi connectivity index (χ2v) is 7.07. The number of benzene rings is 2. The third-order valence-electron chi connectivity index (χ3n) is 3.80. The molecule has 2 aromatic carbocycles. The molecule has 0 aliphatic heterocycles. The molecule has 1 amide bonds. The van der Waals surface area contributed by atoms with Gasteiger partial charge in [-0.3, -0.25) is 9.36 Å². The first kappa shape index (κ1) is 20.1. The molecule has 0 unspecified atom stereocenters. The quantitative estimate of drug-likeness (QED) is 0.540. The largest absolute Gasteiger partial charge is 0.495 e. The Morgan fingerprint density at radius 2 is 2.04 bits per heavy atom. The number of nitrogens with one attached hydrogen (secondary N) is 1. The number of hydrogen-bond donors (Lipinski definition) is 1. The van der Waals surface area contributed by atoms with Crippen molar-refractivity contribution in [3.8, 4) is 17.2 Å². The van der Waals surface area contributed by atoms with Gasteiger partial charge in [-0.2, -0.15) is 0 Å². The SMILES string of the molecule is CCOc1ccc(-n2ccnc2SCC(=O)Nc2cc(Cl)ccc2OC)cc1. The first-order valence-electron chi connectivity index (χ1n) is 8.63. The van der Waals surface area contributed by atoms with Gasteiger partial charge >= 0.3 is 0 Å². The first-order valence-corrected chi connectivity index (χ1v) is 10.00. The van der Waals surface area contributed by atoms with E-state index in [1.54, 1.807) is 31.5 Å². The van der Waals surface area contributed by atoms with Crippen molar-refractivity contribution in [3.05, 3.63) is 59.9 Å². The number of hydrogen-bond acceptors (Lipinski definition) is 5. The molecule has 0 radical (unpaired) electrons. The normalized spacial score (nSPS) is 10.5. The Morgan fingerprint density at radius 1 is 1.25 bits per heavy atom. The third kappa shape index (κ3) is 4.99. The van der Waals surface area contributed by atoms with Crippen LogP contribution < -0.4 is 14.8 Å². The number of nitrogens with zero attached hydrogens (tertiary/aromatic N) is 2. The minimum absolute atomic E-state index is 0.174. The summed E-state index contributed by atoms with van der Waals surface area (Å²) in [4.78, 5) is 16.7. The van der Waals surface area contributed by atoms with E-state index in [1.165, 1.54) is 11.8 Å². The van der Waals surface area contributed by atoms with Gasteiger partial charge in [-0.05, 0) is 49.4 Å². The lowest BCUT2D eigenvalue weighted by Gasteiger charge is -2.11. The van der Waals surface area contributed by atoms with Gasteiger partial charge in [0, 0.05) is 23.1 Å². The van der Waals surface area contributed by atoms with Gasteiger partial charge in [0.1, 0.15) is 11.5 Å². The van der Waals surface area contributed by atoms with Crippen LogP contribution in [-0.4, -0.2) is 34.9 Å². The molecular weight excluding hydrogens is 398 g/mol. The molecule has 3 rings (SSSR count). The highest BCUT2D eigenvalue weighted by atomic mass is 35.5. The molecule has 0 atom stereocenters. The van der Waals surface area contributed by atoms with Crippen LogP contribution in [0.25, 0.3) is 5.69 Å². The Labute approximate surface area is 172 Å². The number of aromatic nitrogens is 2. The van der Waals surface area contributed by atoms with Crippen molar-refractivity contribution < 1.29 is 14.3 Å². The summed E-state index contributed by atoms with van der Waals surface area (Å²) in [5.41, 5.74) is 1.48. The predicted octanol–water partition coefficient (Wildman–Crippen LogP) is 4.66. The van der Waals surface area contributed by atoms with Crippen LogP contribution >= 0.6 is 23.4 Å². The zero-order chi connectivity index (χ0) is 19.9. The van der Waals surface area contributed by atoms with E-state index in [9.17, 15) is 4.79 Å². The van der Waals surface area contributed by atoms with E-state index < -0.39 is 0 Å². The van der Waals surface area contributed by atoms with Crippen molar-refractivity contribution in [1.82, 2.24) is 9.55 Å². The molecule has 0 saturated carbocycles.